The molecule has 4 rings (SSSR count). The molecule has 0 N–H and O–H groups in total. The summed E-state index contributed by atoms with van der Waals surface area (Å²) in [4.78, 5) is 6.56. The van der Waals surface area contributed by atoms with E-state index in [1.807, 2.05) is 30.3 Å². The summed E-state index contributed by atoms with van der Waals surface area (Å²) in [5.41, 5.74) is 4.55. The fourth-order valence-corrected chi connectivity index (χ4v) is 3.26. The molecule has 0 unspecified atom stereocenters. The molecule has 1 aliphatic rings. The van der Waals surface area contributed by atoms with E-state index in [4.69, 9.17) is 0 Å². The molecule has 0 radical (unpaired) electrons. The monoisotopic (exact) mass is 303 g/mol. The van der Waals surface area contributed by atoms with Crippen LogP contribution in [-0.4, -0.2) is 11.5 Å². The highest BCUT2D eigenvalue weighted by atomic mass is 19.1. The van der Waals surface area contributed by atoms with Crippen molar-refractivity contribution in [2.75, 3.05) is 11.4 Å². The van der Waals surface area contributed by atoms with Crippen LogP contribution in [0.15, 0.2) is 48.7 Å². The Kier molecular flexibility index (Phi) is 3.20. The van der Waals surface area contributed by atoms with Crippen molar-refractivity contribution in [3.05, 3.63) is 71.2 Å². The Bertz CT molecular complexity index is 943. The first-order valence-electron chi connectivity index (χ1n) is 7.56. The predicted octanol–water partition coefficient (Wildman–Crippen LogP) is 3.81. The molecular formula is C19H14FN3. The lowest BCUT2D eigenvalue weighted by Gasteiger charge is -2.32. The lowest BCUT2D eigenvalue weighted by molar-refractivity contribution is 0.619. The van der Waals surface area contributed by atoms with Crippen LogP contribution in [0.4, 0.5) is 10.1 Å². The standard InChI is InChI=1S/C19H14FN3/c20-16-6-5-14-12-23(8-7-13(14)9-16)19-15(10-21)11-22-18-4-2-1-3-17(18)19/h1-6,9,11H,7-8,12H2. The zero-order valence-corrected chi connectivity index (χ0v) is 12.5. The zero-order chi connectivity index (χ0) is 15.8. The van der Waals surface area contributed by atoms with E-state index in [1.165, 1.54) is 6.07 Å². The Morgan fingerprint density at radius 1 is 1.13 bits per heavy atom. The number of fused-ring (bicyclic) bond motifs is 2. The van der Waals surface area contributed by atoms with Gasteiger partial charge in [-0.3, -0.25) is 4.98 Å². The average Bonchev–Trinajstić information content (AvgIpc) is 2.60. The van der Waals surface area contributed by atoms with Gasteiger partial charge in [0.05, 0.1) is 16.8 Å². The Morgan fingerprint density at radius 2 is 2.00 bits per heavy atom. The second-order valence-electron chi connectivity index (χ2n) is 5.73. The number of halogens is 1. The average molecular weight is 303 g/mol. The third-order valence-corrected chi connectivity index (χ3v) is 4.36. The Hall–Kier alpha value is -2.93. The Balaban J connectivity index is 1.84. The number of pyridine rings is 1. The lowest BCUT2D eigenvalue weighted by Crippen LogP contribution is -2.31. The minimum absolute atomic E-state index is 0.190. The van der Waals surface area contributed by atoms with Crippen molar-refractivity contribution in [1.29, 1.82) is 5.26 Å². The molecule has 23 heavy (non-hydrogen) atoms. The first-order chi connectivity index (χ1) is 11.3. The van der Waals surface area contributed by atoms with Gasteiger partial charge in [0.25, 0.3) is 0 Å². The van der Waals surface area contributed by atoms with E-state index < -0.39 is 0 Å². The van der Waals surface area contributed by atoms with Crippen LogP contribution in [0.2, 0.25) is 0 Å². The molecule has 0 spiro atoms. The SMILES string of the molecule is N#Cc1cnc2ccccc2c1N1CCc2cc(F)ccc2C1. The smallest absolute Gasteiger partial charge is 0.123 e. The molecule has 0 amide bonds. The predicted molar refractivity (Wildman–Crippen MR) is 87.6 cm³/mol. The molecular weight excluding hydrogens is 289 g/mol. The first-order valence-corrected chi connectivity index (χ1v) is 7.56. The molecule has 2 heterocycles. The van der Waals surface area contributed by atoms with Gasteiger partial charge in [-0.2, -0.15) is 5.26 Å². The van der Waals surface area contributed by atoms with Crippen LogP contribution >= 0.6 is 0 Å². The van der Waals surface area contributed by atoms with Crippen molar-refractivity contribution < 1.29 is 4.39 Å². The van der Waals surface area contributed by atoms with Crippen LogP contribution in [0, 0.1) is 17.1 Å². The molecule has 0 saturated heterocycles. The minimum Gasteiger partial charge on any atom is -0.365 e. The van der Waals surface area contributed by atoms with Gasteiger partial charge in [0, 0.05) is 24.7 Å². The molecule has 0 saturated carbocycles. The van der Waals surface area contributed by atoms with Crippen molar-refractivity contribution in [1.82, 2.24) is 4.98 Å². The number of benzene rings is 2. The maximum absolute atomic E-state index is 13.4. The molecule has 3 nitrogen and oxygen atoms in total. The number of hydrogen-bond acceptors (Lipinski definition) is 3. The summed E-state index contributed by atoms with van der Waals surface area (Å²) in [5.74, 6) is -0.190. The molecule has 4 heteroatoms. The molecule has 2 aromatic carbocycles. The summed E-state index contributed by atoms with van der Waals surface area (Å²) in [5, 5.41) is 10.5. The molecule has 0 atom stereocenters. The summed E-state index contributed by atoms with van der Waals surface area (Å²) in [6, 6.07) is 15.1. The number of anilines is 1. The Morgan fingerprint density at radius 3 is 2.87 bits per heavy atom. The number of nitrogens with zero attached hydrogens (tertiary/aromatic N) is 3. The summed E-state index contributed by atoms with van der Waals surface area (Å²) < 4.78 is 13.4. The van der Waals surface area contributed by atoms with Crippen molar-refractivity contribution in [2.45, 2.75) is 13.0 Å². The maximum Gasteiger partial charge on any atom is 0.123 e. The third kappa shape index (κ3) is 2.31. The van der Waals surface area contributed by atoms with Gasteiger partial charge >= 0.3 is 0 Å². The summed E-state index contributed by atoms with van der Waals surface area (Å²) in [7, 11) is 0. The van der Waals surface area contributed by atoms with Gasteiger partial charge in [-0.15, -0.1) is 0 Å². The maximum atomic E-state index is 13.4. The van der Waals surface area contributed by atoms with Crippen LogP contribution in [0.5, 0.6) is 0 Å². The molecule has 1 aromatic heterocycles. The largest absolute Gasteiger partial charge is 0.365 e. The van der Waals surface area contributed by atoms with E-state index in [0.29, 0.717) is 12.1 Å². The fraction of sp³-hybridized carbons (Fsp3) is 0.158. The topological polar surface area (TPSA) is 39.9 Å². The molecule has 3 aromatic rings. The fourth-order valence-electron chi connectivity index (χ4n) is 3.26. The van der Waals surface area contributed by atoms with Crippen LogP contribution in [-0.2, 0) is 13.0 Å². The van der Waals surface area contributed by atoms with Gasteiger partial charge in [0.1, 0.15) is 11.9 Å². The van der Waals surface area contributed by atoms with Crippen molar-refractivity contribution in [3.8, 4) is 6.07 Å². The molecule has 1 aliphatic heterocycles. The second-order valence-corrected chi connectivity index (χ2v) is 5.73. The summed E-state index contributed by atoms with van der Waals surface area (Å²) >= 11 is 0. The van der Waals surface area contributed by atoms with Crippen LogP contribution in [0.25, 0.3) is 10.9 Å². The van der Waals surface area contributed by atoms with Crippen molar-refractivity contribution >= 4 is 16.6 Å². The quantitative estimate of drug-likeness (QED) is 0.686. The number of para-hydroxylation sites is 1. The van der Waals surface area contributed by atoms with Gasteiger partial charge in [-0.05, 0) is 35.7 Å². The third-order valence-electron chi connectivity index (χ3n) is 4.36. The summed E-state index contributed by atoms with van der Waals surface area (Å²) in [6.07, 6.45) is 2.41. The van der Waals surface area contributed by atoms with Gasteiger partial charge in [0.15, 0.2) is 0 Å². The highest BCUT2D eigenvalue weighted by Crippen LogP contribution is 2.33. The number of rotatable bonds is 1. The Labute approximate surface area is 133 Å². The second kappa shape index (κ2) is 5.36. The highest BCUT2D eigenvalue weighted by Gasteiger charge is 2.21. The van der Waals surface area contributed by atoms with E-state index in [1.54, 1.807) is 12.3 Å². The number of hydrogen-bond donors (Lipinski definition) is 0. The zero-order valence-electron chi connectivity index (χ0n) is 12.5. The van der Waals surface area contributed by atoms with E-state index in [0.717, 1.165) is 40.7 Å². The van der Waals surface area contributed by atoms with Crippen LogP contribution in [0.3, 0.4) is 0 Å². The molecule has 0 aliphatic carbocycles. The van der Waals surface area contributed by atoms with E-state index in [9.17, 15) is 9.65 Å². The van der Waals surface area contributed by atoms with Gasteiger partial charge < -0.3 is 4.90 Å². The minimum atomic E-state index is -0.190. The molecule has 0 bridgehead atoms. The van der Waals surface area contributed by atoms with E-state index in [-0.39, 0.29) is 5.82 Å². The van der Waals surface area contributed by atoms with E-state index >= 15 is 0 Å². The van der Waals surface area contributed by atoms with Gasteiger partial charge in [-0.1, -0.05) is 24.3 Å². The number of aromatic nitrogens is 1. The normalized spacial score (nSPS) is 13.7. The van der Waals surface area contributed by atoms with Crippen LogP contribution in [0.1, 0.15) is 16.7 Å². The van der Waals surface area contributed by atoms with Crippen molar-refractivity contribution in [3.63, 3.8) is 0 Å². The van der Waals surface area contributed by atoms with Crippen LogP contribution < -0.4 is 4.90 Å². The molecule has 0 fully saturated rings. The lowest BCUT2D eigenvalue weighted by atomic mass is 9.98. The van der Waals surface area contributed by atoms with E-state index in [2.05, 4.69) is 16.0 Å². The van der Waals surface area contributed by atoms with Gasteiger partial charge in [-0.25, -0.2) is 4.39 Å². The molecule has 112 valence electrons. The number of nitriles is 1. The summed E-state index contributed by atoms with van der Waals surface area (Å²) in [6.45, 7) is 1.44. The van der Waals surface area contributed by atoms with Gasteiger partial charge in [0.2, 0.25) is 0 Å². The first kappa shape index (κ1) is 13.7. The van der Waals surface area contributed by atoms with Crippen molar-refractivity contribution in [2.24, 2.45) is 0 Å². The highest BCUT2D eigenvalue weighted by molar-refractivity contribution is 5.94.